The number of alkyl halides is 1. The molecule has 0 saturated heterocycles. The molecule has 2 rings (SSSR count). The third-order valence-electron chi connectivity index (χ3n) is 3.49. The van der Waals surface area contributed by atoms with Crippen molar-refractivity contribution in [2.75, 3.05) is 5.73 Å². The van der Waals surface area contributed by atoms with Gasteiger partial charge in [-0.1, -0.05) is 12.1 Å². The molecule has 98 valence electrons. The van der Waals surface area contributed by atoms with Crippen LogP contribution in [0.3, 0.4) is 0 Å². The van der Waals surface area contributed by atoms with Crippen molar-refractivity contribution in [2.45, 2.75) is 44.8 Å². The normalized spacial score (nSPS) is 18.2. The van der Waals surface area contributed by atoms with E-state index in [9.17, 15) is 9.18 Å². The van der Waals surface area contributed by atoms with Crippen LogP contribution in [0.15, 0.2) is 18.2 Å². The first-order valence-electron chi connectivity index (χ1n) is 6.26. The number of hydrogen-bond acceptors (Lipinski definition) is 2. The van der Waals surface area contributed by atoms with Crippen molar-refractivity contribution in [3.8, 4) is 0 Å². The molecule has 3 N–H and O–H groups in total. The average Bonchev–Trinajstić information content (AvgIpc) is 3.04. The molecule has 0 heterocycles. The van der Waals surface area contributed by atoms with E-state index < -0.39 is 11.6 Å². The van der Waals surface area contributed by atoms with Crippen LogP contribution in [0.1, 0.15) is 30.9 Å². The van der Waals surface area contributed by atoms with Crippen molar-refractivity contribution in [3.05, 3.63) is 29.3 Å². The molecule has 1 aliphatic carbocycles. The molecule has 4 heteroatoms. The fourth-order valence-electron chi connectivity index (χ4n) is 2.00. The first-order chi connectivity index (χ1) is 8.42. The zero-order valence-electron chi connectivity index (χ0n) is 10.8. The molecule has 18 heavy (non-hydrogen) atoms. The maximum Gasteiger partial charge on any atom is 0.257 e. The highest BCUT2D eigenvalue weighted by molar-refractivity contribution is 5.88. The number of anilines is 1. The van der Waals surface area contributed by atoms with Crippen molar-refractivity contribution in [1.29, 1.82) is 0 Å². The van der Waals surface area contributed by atoms with Crippen LogP contribution in [0.4, 0.5) is 10.1 Å². The molecule has 3 nitrogen and oxygen atoms in total. The molecule has 1 aliphatic rings. The number of amides is 1. The molecule has 0 aliphatic heterocycles. The lowest BCUT2D eigenvalue weighted by Gasteiger charge is -2.17. The van der Waals surface area contributed by atoms with Crippen LogP contribution in [-0.2, 0) is 11.2 Å². The average molecular weight is 250 g/mol. The summed E-state index contributed by atoms with van der Waals surface area (Å²) in [4.78, 5) is 11.6. The Balaban J connectivity index is 1.96. The molecular weight excluding hydrogens is 231 g/mol. The third kappa shape index (κ3) is 2.63. The van der Waals surface area contributed by atoms with Crippen LogP contribution in [-0.4, -0.2) is 17.6 Å². The molecule has 1 saturated carbocycles. The van der Waals surface area contributed by atoms with Crippen LogP contribution < -0.4 is 11.1 Å². The molecular formula is C14H19FN2O. The predicted octanol–water partition coefficient (Wildman–Crippen LogP) is 2.13. The third-order valence-corrected chi connectivity index (χ3v) is 3.49. The molecule has 0 radical (unpaired) electrons. The summed E-state index contributed by atoms with van der Waals surface area (Å²) in [5.41, 5.74) is 7.09. The molecule has 0 spiro atoms. The van der Waals surface area contributed by atoms with Crippen molar-refractivity contribution in [3.63, 3.8) is 0 Å². The van der Waals surface area contributed by atoms with Gasteiger partial charge in [0.05, 0.1) is 0 Å². The maximum atomic E-state index is 13.5. The minimum absolute atomic E-state index is 0.0915. The molecule has 0 aromatic heterocycles. The lowest BCUT2D eigenvalue weighted by atomic mass is 10.0. The number of carbonyl (C=O) groups excluding carboxylic acids is 1. The molecule has 1 amide bonds. The number of halogens is 1. The molecule has 1 atom stereocenters. The van der Waals surface area contributed by atoms with E-state index in [1.165, 1.54) is 0 Å². The second kappa shape index (κ2) is 4.59. The summed E-state index contributed by atoms with van der Waals surface area (Å²) in [6, 6.07) is 5.63. The van der Waals surface area contributed by atoms with E-state index in [-0.39, 0.29) is 6.04 Å². The highest BCUT2D eigenvalue weighted by Crippen LogP contribution is 2.39. The SMILES string of the molecule is Cc1c(N)cccc1C[C@@H](C)NC(=O)C1(F)CC1. The summed E-state index contributed by atoms with van der Waals surface area (Å²) in [5.74, 6) is -0.475. The molecule has 0 unspecified atom stereocenters. The Morgan fingerprint density at radius 2 is 2.22 bits per heavy atom. The van der Waals surface area contributed by atoms with Gasteiger partial charge in [0, 0.05) is 11.7 Å². The van der Waals surface area contributed by atoms with Crippen LogP contribution in [0, 0.1) is 6.92 Å². The van der Waals surface area contributed by atoms with Crippen LogP contribution in [0.25, 0.3) is 0 Å². The van der Waals surface area contributed by atoms with Gasteiger partial charge >= 0.3 is 0 Å². The second-order valence-corrected chi connectivity index (χ2v) is 5.18. The number of nitrogens with one attached hydrogen (secondary N) is 1. The number of nitrogen functional groups attached to an aromatic ring is 1. The van der Waals surface area contributed by atoms with Gasteiger partial charge in [0.15, 0.2) is 5.67 Å². The zero-order valence-corrected chi connectivity index (χ0v) is 10.8. The van der Waals surface area contributed by atoms with E-state index in [4.69, 9.17) is 5.73 Å². The lowest BCUT2D eigenvalue weighted by molar-refractivity contribution is -0.128. The highest BCUT2D eigenvalue weighted by atomic mass is 19.1. The Hall–Kier alpha value is -1.58. The van der Waals surface area contributed by atoms with Gasteiger partial charge in [-0.3, -0.25) is 4.79 Å². The topological polar surface area (TPSA) is 55.1 Å². The number of carbonyl (C=O) groups is 1. The standard InChI is InChI=1S/C14H19FN2O/c1-9(17-13(18)14(15)6-7-14)8-11-4-3-5-12(16)10(11)2/h3-5,9H,6-8,16H2,1-2H3,(H,17,18)/t9-/m1/s1. The first kappa shape index (κ1) is 12.9. The van der Waals surface area contributed by atoms with E-state index in [2.05, 4.69) is 5.32 Å². The van der Waals surface area contributed by atoms with E-state index in [1.54, 1.807) is 0 Å². The van der Waals surface area contributed by atoms with Crippen molar-refractivity contribution >= 4 is 11.6 Å². The number of nitrogens with two attached hydrogens (primary N) is 1. The van der Waals surface area contributed by atoms with Gasteiger partial charge in [0.2, 0.25) is 0 Å². The summed E-state index contributed by atoms with van der Waals surface area (Å²) in [6.07, 6.45) is 1.37. The largest absolute Gasteiger partial charge is 0.399 e. The van der Waals surface area contributed by atoms with Crippen LogP contribution >= 0.6 is 0 Å². The van der Waals surface area contributed by atoms with E-state index in [0.717, 1.165) is 16.8 Å². The monoisotopic (exact) mass is 250 g/mol. The summed E-state index contributed by atoms with van der Waals surface area (Å²) >= 11 is 0. The molecule has 0 bridgehead atoms. The summed E-state index contributed by atoms with van der Waals surface area (Å²) in [7, 11) is 0. The number of hydrogen-bond donors (Lipinski definition) is 2. The van der Waals surface area contributed by atoms with E-state index in [1.807, 2.05) is 32.0 Å². The van der Waals surface area contributed by atoms with Gasteiger partial charge in [0.1, 0.15) is 0 Å². The Labute approximate surface area is 107 Å². The fourth-order valence-corrected chi connectivity index (χ4v) is 2.00. The van der Waals surface area contributed by atoms with Crippen LogP contribution in [0.5, 0.6) is 0 Å². The van der Waals surface area contributed by atoms with Gasteiger partial charge in [0.25, 0.3) is 5.91 Å². The van der Waals surface area contributed by atoms with Crippen LogP contribution in [0.2, 0.25) is 0 Å². The summed E-state index contributed by atoms with van der Waals surface area (Å²) in [5, 5.41) is 2.72. The fraction of sp³-hybridized carbons (Fsp3) is 0.500. The molecule has 1 aromatic rings. The molecule has 1 fully saturated rings. The maximum absolute atomic E-state index is 13.5. The summed E-state index contributed by atoms with van der Waals surface area (Å²) in [6.45, 7) is 3.84. The first-order valence-corrected chi connectivity index (χ1v) is 6.26. The van der Waals surface area contributed by atoms with E-state index in [0.29, 0.717) is 19.3 Å². The number of rotatable bonds is 4. The van der Waals surface area contributed by atoms with Crippen molar-refractivity contribution < 1.29 is 9.18 Å². The minimum Gasteiger partial charge on any atom is -0.399 e. The van der Waals surface area contributed by atoms with Gasteiger partial charge in [-0.25, -0.2) is 4.39 Å². The Morgan fingerprint density at radius 1 is 1.56 bits per heavy atom. The molecule has 1 aromatic carbocycles. The minimum atomic E-state index is -1.60. The second-order valence-electron chi connectivity index (χ2n) is 5.18. The van der Waals surface area contributed by atoms with Gasteiger partial charge < -0.3 is 11.1 Å². The zero-order chi connectivity index (χ0) is 13.3. The Bertz CT molecular complexity index is 469. The van der Waals surface area contributed by atoms with Crippen molar-refractivity contribution in [2.24, 2.45) is 0 Å². The van der Waals surface area contributed by atoms with Gasteiger partial charge in [-0.15, -0.1) is 0 Å². The number of benzene rings is 1. The lowest BCUT2D eigenvalue weighted by Crippen LogP contribution is -2.40. The predicted molar refractivity (Wildman–Crippen MR) is 70.0 cm³/mol. The van der Waals surface area contributed by atoms with E-state index >= 15 is 0 Å². The Morgan fingerprint density at radius 3 is 2.83 bits per heavy atom. The van der Waals surface area contributed by atoms with Gasteiger partial charge in [-0.2, -0.15) is 0 Å². The van der Waals surface area contributed by atoms with Crippen molar-refractivity contribution in [1.82, 2.24) is 5.32 Å². The quantitative estimate of drug-likeness (QED) is 0.804. The van der Waals surface area contributed by atoms with Gasteiger partial charge in [-0.05, 0) is 50.3 Å². The highest BCUT2D eigenvalue weighted by Gasteiger charge is 2.50. The summed E-state index contributed by atoms with van der Waals surface area (Å²) < 4.78 is 13.5. The Kier molecular flexibility index (Phi) is 3.28. The smallest absolute Gasteiger partial charge is 0.257 e.